The number of carbonyl (C=O) groups is 1. The molecule has 0 atom stereocenters. The van der Waals surface area contributed by atoms with Crippen molar-refractivity contribution >= 4 is 34.7 Å². The number of amides is 1. The number of phenols is 1. The maximum Gasteiger partial charge on any atom is 0.264 e. The fourth-order valence-electron chi connectivity index (χ4n) is 3.08. The highest BCUT2D eigenvalue weighted by atomic mass is 32.2. The number of hydrogen-bond acceptors (Lipinski definition) is 5. The smallest absolute Gasteiger partial charge is 0.264 e. The number of nitrogens with zero attached hydrogens (tertiary/aromatic N) is 2. The number of aromatic nitrogens is 2. The normalized spacial score (nSPS) is 18.0. The lowest BCUT2D eigenvalue weighted by Crippen LogP contribution is -2.19. The molecule has 1 aliphatic rings. The molecule has 0 spiro atoms. The summed E-state index contributed by atoms with van der Waals surface area (Å²) in [6.07, 6.45) is 1.85. The molecule has 1 aliphatic heterocycles. The molecule has 29 heavy (non-hydrogen) atoms. The van der Waals surface area contributed by atoms with Crippen LogP contribution in [0, 0.1) is 6.92 Å². The van der Waals surface area contributed by atoms with Crippen molar-refractivity contribution in [1.82, 2.24) is 15.5 Å². The van der Waals surface area contributed by atoms with Crippen molar-refractivity contribution in [3.05, 3.63) is 45.5 Å². The van der Waals surface area contributed by atoms with E-state index in [1.54, 1.807) is 0 Å². The molecule has 1 saturated heterocycles. The third-order valence-corrected chi connectivity index (χ3v) is 5.52. The first-order chi connectivity index (χ1) is 13.3. The van der Waals surface area contributed by atoms with Crippen molar-refractivity contribution < 1.29 is 9.90 Å². The number of phenolic OH excluding ortho intramolecular Hbond substituents is 1. The number of amidine groups is 1. The second-order valence-electron chi connectivity index (χ2n) is 9.36. The number of rotatable bonds is 2. The van der Waals surface area contributed by atoms with Gasteiger partial charge in [0, 0.05) is 22.9 Å². The molecule has 154 valence electrons. The zero-order valence-electron chi connectivity index (χ0n) is 18.0. The van der Waals surface area contributed by atoms with Gasteiger partial charge in [0.2, 0.25) is 0 Å². The van der Waals surface area contributed by atoms with Gasteiger partial charge in [-0.2, -0.15) is 5.10 Å². The van der Waals surface area contributed by atoms with E-state index in [0.717, 1.165) is 22.4 Å². The molecule has 1 amide bonds. The lowest BCUT2D eigenvalue weighted by Gasteiger charge is -2.28. The maximum absolute atomic E-state index is 12.5. The quantitative estimate of drug-likeness (QED) is 0.611. The van der Waals surface area contributed by atoms with Gasteiger partial charge in [0.25, 0.3) is 5.91 Å². The Hall–Kier alpha value is -2.54. The Kier molecular flexibility index (Phi) is 5.38. The molecular weight excluding hydrogens is 384 g/mol. The van der Waals surface area contributed by atoms with Crippen molar-refractivity contribution in [2.24, 2.45) is 4.99 Å². The highest BCUT2D eigenvalue weighted by Crippen LogP contribution is 2.40. The molecule has 6 nitrogen and oxygen atoms in total. The van der Waals surface area contributed by atoms with E-state index in [9.17, 15) is 9.90 Å². The Morgan fingerprint density at radius 3 is 2.14 bits per heavy atom. The first kappa shape index (κ1) is 21.2. The summed E-state index contributed by atoms with van der Waals surface area (Å²) >= 11 is 1.28. The molecule has 0 bridgehead atoms. The summed E-state index contributed by atoms with van der Waals surface area (Å²) in [5.41, 5.74) is 3.06. The first-order valence-electron chi connectivity index (χ1n) is 9.54. The molecule has 1 aromatic heterocycles. The summed E-state index contributed by atoms with van der Waals surface area (Å²) in [6.45, 7) is 14.3. The third-order valence-electron chi connectivity index (χ3n) is 4.61. The van der Waals surface area contributed by atoms with Crippen LogP contribution in [0.25, 0.3) is 6.08 Å². The summed E-state index contributed by atoms with van der Waals surface area (Å²) in [5.74, 6) is 0.664. The highest BCUT2D eigenvalue weighted by Gasteiger charge is 2.28. The minimum absolute atomic E-state index is 0.191. The van der Waals surface area contributed by atoms with Gasteiger partial charge in [-0.1, -0.05) is 41.5 Å². The summed E-state index contributed by atoms with van der Waals surface area (Å²) in [6, 6.07) is 5.72. The average molecular weight is 413 g/mol. The monoisotopic (exact) mass is 412 g/mol. The number of aryl methyl sites for hydroxylation is 1. The van der Waals surface area contributed by atoms with Gasteiger partial charge < -0.3 is 10.4 Å². The number of aromatic amines is 1. The topological polar surface area (TPSA) is 90.4 Å². The van der Waals surface area contributed by atoms with Crippen LogP contribution in [0.3, 0.4) is 0 Å². The standard InChI is InChI=1S/C22H28N4O2S/c1-12-8-17(26-25-12)23-20-24-19(28)16(29-20)11-13-9-14(21(2,3)4)18(27)15(10-13)22(5,6)7/h8-11,27H,1-7H3,(H2,23,24,25,26,28)/b16-11-. The van der Waals surface area contributed by atoms with Crippen LogP contribution in [0.1, 0.15) is 63.9 Å². The van der Waals surface area contributed by atoms with Gasteiger partial charge in [-0.05, 0) is 53.3 Å². The molecule has 3 rings (SSSR count). The van der Waals surface area contributed by atoms with Crippen molar-refractivity contribution in [2.45, 2.75) is 59.3 Å². The van der Waals surface area contributed by atoms with E-state index in [2.05, 4.69) is 62.0 Å². The number of aromatic hydroxyl groups is 1. The zero-order valence-corrected chi connectivity index (χ0v) is 18.8. The van der Waals surface area contributed by atoms with E-state index in [1.165, 1.54) is 11.8 Å². The summed E-state index contributed by atoms with van der Waals surface area (Å²) < 4.78 is 0. The number of thioether (sulfide) groups is 1. The Morgan fingerprint density at radius 2 is 1.66 bits per heavy atom. The van der Waals surface area contributed by atoms with Gasteiger partial charge in [0.15, 0.2) is 11.0 Å². The van der Waals surface area contributed by atoms with Gasteiger partial charge in [-0.25, -0.2) is 4.99 Å². The van der Waals surface area contributed by atoms with Crippen LogP contribution in [0.2, 0.25) is 0 Å². The van der Waals surface area contributed by atoms with E-state index in [-0.39, 0.29) is 16.7 Å². The molecule has 2 aromatic rings. The second-order valence-corrected chi connectivity index (χ2v) is 10.4. The van der Waals surface area contributed by atoms with Crippen molar-refractivity contribution in [3.8, 4) is 5.75 Å². The number of hydrogen-bond donors (Lipinski definition) is 3. The zero-order chi connectivity index (χ0) is 21.6. The minimum Gasteiger partial charge on any atom is -0.507 e. The summed E-state index contributed by atoms with van der Waals surface area (Å²) in [4.78, 5) is 17.4. The molecule has 2 heterocycles. The van der Waals surface area contributed by atoms with Gasteiger partial charge in [0.1, 0.15) is 5.75 Å². The number of benzene rings is 1. The number of H-pyrrole nitrogens is 1. The molecule has 3 N–H and O–H groups in total. The van der Waals surface area contributed by atoms with Crippen LogP contribution in [0.5, 0.6) is 5.75 Å². The van der Waals surface area contributed by atoms with Crippen molar-refractivity contribution in [3.63, 3.8) is 0 Å². The lowest BCUT2D eigenvalue weighted by molar-refractivity contribution is -0.115. The van der Waals surface area contributed by atoms with E-state index in [0.29, 0.717) is 21.6 Å². The van der Waals surface area contributed by atoms with Crippen LogP contribution in [0.15, 0.2) is 28.1 Å². The van der Waals surface area contributed by atoms with Gasteiger partial charge in [-0.15, -0.1) is 0 Å². The third kappa shape index (κ3) is 4.72. The largest absolute Gasteiger partial charge is 0.507 e. The molecule has 7 heteroatoms. The number of carbonyl (C=O) groups excluding carboxylic acids is 1. The average Bonchev–Trinajstić information content (AvgIpc) is 3.12. The lowest BCUT2D eigenvalue weighted by atomic mass is 9.78. The molecule has 0 unspecified atom stereocenters. The van der Waals surface area contributed by atoms with Crippen molar-refractivity contribution in [1.29, 1.82) is 0 Å². The van der Waals surface area contributed by atoms with Gasteiger partial charge in [0.05, 0.1) is 4.91 Å². The summed E-state index contributed by atoms with van der Waals surface area (Å²) in [7, 11) is 0. The molecule has 1 fully saturated rings. The Balaban J connectivity index is 2.01. The second kappa shape index (κ2) is 7.37. The van der Waals surface area contributed by atoms with Crippen LogP contribution >= 0.6 is 11.8 Å². The molecule has 0 aliphatic carbocycles. The number of nitrogens with one attached hydrogen (secondary N) is 2. The van der Waals surface area contributed by atoms with Gasteiger partial charge >= 0.3 is 0 Å². The van der Waals surface area contributed by atoms with E-state index in [1.807, 2.05) is 31.2 Å². The van der Waals surface area contributed by atoms with Crippen molar-refractivity contribution in [2.75, 3.05) is 0 Å². The highest BCUT2D eigenvalue weighted by molar-refractivity contribution is 8.18. The number of aliphatic imine (C=N–C) groups is 1. The predicted molar refractivity (Wildman–Crippen MR) is 120 cm³/mol. The molecule has 1 aromatic carbocycles. The maximum atomic E-state index is 12.5. The Morgan fingerprint density at radius 1 is 1.07 bits per heavy atom. The van der Waals surface area contributed by atoms with Crippen LogP contribution in [0.4, 0.5) is 5.82 Å². The SMILES string of the molecule is Cc1cc(N=C2NC(=O)/C(=C/c3cc(C(C)(C)C)c(O)c(C(C)(C)C)c3)S2)n[nH]1. The minimum atomic E-state index is -0.228. The fraction of sp³-hybridized carbons (Fsp3) is 0.409. The molecular formula is C22H28N4O2S. The van der Waals surface area contributed by atoms with Crippen LogP contribution < -0.4 is 5.32 Å². The summed E-state index contributed by atoms with van der Waals surface area (Å²) in [5, 5.41) is 21.1. The van der Waals surface area contributed by atoms with Crippen LogP contribution in [-0.4, -0.2) is 26.4 Å². The van der Waals surface area contributed by atoms with E-state index < -0.39 is 0 Å². The van der Waals surface area contributed by atoms with Gasteiger partial charge in [-0.3, -0.25) is 9.89 Å². The van der Waals surface area contributed by atoms with Crippen LogP contribution in [-0.2, 0) is 15.6 Å². The Bertz CT molecular complexity index is 985. The first-order valence-corrected chi connectivity index (χ1v) is 10.4. The molecule has 0 saturated carbocycles. The van der Waals surface area contributed by atoms with E-state index >= 15 is 0 Å². The predicted octanol–water partition coefficient (Wildman–Crippen LogP) is 4.91. The fourth-order valence-corrected chi connectivity index (χ4v) is 3.91. The Labute approximate surface area is 175 Å². The van der Waals surface area contributed by atoms with E-state index in [4.69, 9.17) is 0 Å². The molecule has 0 radical (unpaired) electrons.